The number of nitrogens with two attached hydrogens (primary N) is 1. The zero-order chi connectivity index (χ0) is 12.5. The van der Waals surface area contributed by atoms with Crippen LogP contribution in [0.3, 0.4) is 0 Å². The number of aromatic amines is 1. The number of nitrogens with zero attached hydrogens (tertiary/aromatic N) is 1. The molecule has 0 bridgehead atoms. The molecule has 1 fully saturated rings. The molecule has 1 aliphatic rings. The highest BCUT2D eigenvalue weighted by molar-refractivity contribution is 9.10. The van der Waals surface area contributed by atoms with Gasteiger partial charge in [-0.2, -0.15) is 0 Å². The van der Waals surface area contributed by atoms with Gasteiger partial charge in [0, 0.05) is 17.5 Å². The van der Waals surface area contributed by atoms with Crippen molar-refractivity contribution in [3.05, 3.63) is 22.4 Å². The summed E-state index contributed by atoms with van der Waals surface area (Å²) in [7, 11) is 0. The highest BCUT2D eigenvalue weighted by atomic mass is 79.9. The second-order valence-electron chi connectivity index (χ2n) is 4.75. The first kappa shape index (κ1) is 12.0. The summed E-state index contributed by atoms with van der Waals surface area (Å²) in [5.41, 5.74) is 8.51. The number of H-pyrrole nitrogens is 1. The van der Waals surface area contributed by atoms with E-state index in [1.807, 2.05) is 12.1 Å². The van der Waals surface area contributed by atoms with E-state index in [2.05, 4.69) is 25.9 Å². The fourth-order valence-electron chi connectivity index (χ4n) is 2.45. The van der Waals surface area contributed by atoms with E-state index >= 15 is 0 Å². The van der Waals surface area contributed by atoms with Crippen molar-refractivity contribution < 1.29 is 4.74 Å². The molecule has 0 aliphatic carbocycles. The lowest BCUT2D eigenvalue weighted by molar-refractivity contribution is 0.104. The Labute approximate surface area is 114 Å². The summed E-state index contributed by atoms with van der Waals surface area (Å²) in [6, 6.07) is 3.89. The second kappa shape index (κ2) is 4.90. The molecule has 4 nitrogen and oxygen atoms in total. The maximum Gasteiger partial charge on any atom is 0.112 e. The lowest BCUT2D eigenvalue weighted by Gasteiger charge is -2.06. The fourth-order valence-corrected chi connectivity index (χ4v) is 2.92. The number of fused-ring (bicyclic) bond motifs is 1. The quantitative estimate of drug-likeness (QED) is 0.857. The van der Waals surface area contributed by atoms with Crippen molar-refractivity contribution in [3.8, 4) is 0 Å². The molecule has 18 heavy (non-hydrogen) atoms. The molecular formula is C13H16BrN3O. The Bertz CT molecular complexity index is 561. The Morgan fingerprint density at radius 2 is 2.39 bits per heavy atom. The van der Waals surface area contributed by atoms with Crippen LogP contribution in [0.2, 0.25) is 0 Å². The van der Waals surface area contributed by atoms with Crippen molar-refractivity contribution in [1.29, 1.82) is 0 Å². The SMILES string of the molecule is Nc1cc(Br)cc2[nH]c(CCC3CCCO3)nc12. The van der Waals surface area contributed by atoms with Gasteiger partial charge in [-0.25, -0.2) is 4.98 Å². The number of hydrogen-bond acceptors (Lipinski definition) is 3. The molecule has 5 heteroatoms. The lowest BCUT2D eigenvalue weighted by Crippen LogP contribution is -2.06. The molecule has 0 saturated carbocycles. The van der Waals surface area contributed by atoms with Crippen molar-refractivity contribution >= 4 is 32.7 Å². The van der Waals surface area contributed by atoms with Crippen LogP contribution in [0.15, 0.2) is 16.6 Å². The number of aryl methyl sites for hydroxylation is 1. The van der Waals surface area contributed by atoms with E-state index in [0.29, 0.717) is 11.8 Å². The molecule has 1 saturated heterocycles. The molecule has 0 amide bonds. The van der Waals surface area contributed by atoms with Crippen LogP contribution in [0.25, 0.3) is 11.0 Å². The normalized spacial score (nSPS) is 19.7. The van der Waals surface area contributed by atoms with Gasteiger partial charge in [0.25, 0.3) is 0 Å². The highest BCUT2D eigenvalue weighted by Crippen LogP contribution is 2.25. The van der Waals surface area contributed by atoms with Gasteiger partial charge in [0.05, 0.1) is 17.3 Å². The first-order chi connectivity index (χ1) is 8.72. The number of imidazole rings is 1. The average Bonchev–Trinajstić information content (AvgIpc) is 2.93. The zero-order valence-corrected chi connectivity index (χ0v) is 11.7. The van der Waals surface area contributed by atoms with Crippen molar-refractivity contribution in [1.82, 2.24) is 9.97 Å². The smallest absolute Gasteiger partial charge is 0.112 e. The third-order valence-corrected chi connectivity index (χ3v) is 3.81. The predicted molar refractivity (Wildman–Crippen MR) is 75.5 cm³/mol. The zero-order valence-electron chi connectivity index (χ0n) is 10.1. The standard InChI is InChI=1S/C13H16BrN3O/c14-8-6-10(15)13-11(7-8)16-12(17-13)4-3-9-2-1-5-18-9/h6-7,9H,1-5,15H2,(H,16,17). The predicted octanol–water partition coefficient (Wildman–Crippen LogP) is 3.02. The molecule has 1 aromatic carbocycles. The van der Waals surface area contributed by atoms with Crippen molar-refractivity contribution in [2.45, 2.75) is 31.8 Å². The summed E-state index contributed by atoms with van der Waals surface area (Å²) in [6.45, 7) is 0.907. The summed E-state index contributed by atoms with van der Waals surface area (Å²) in [5, 5.41) is 0. The molecule has 0 spiro atoms. The Balaban J connectivity index is 1.78. The number of anilines is 1. The minimum atomic E-state index is 0.405. The first-order valence-corrected chi connectivity index (χ1v) is 7.07. The van der Waals surface area contributed by atoms with Crippen molar-refractivity contribution in [2.75, 3.05) is 12.3 Å². The molecule has 96 valence electrons. The number of nitrogens with one attached hydrogen (secondary N) is 1. The van der Waals surface area contributed by atoms with Crippen LogP contribution in [-0.4, -0.2) is 22.7 Å². The number of benzene rings is 1. The Morgan fingerprint density at radius 3 is 3.17 bits per heavy atom. The molecule has 3 N–H and O–H groups in total. The van der Waals surface area contributed by atoms with Crippen LogP contribution in [0.1, 0.15) is 25.1 Å². The van der Waals surface area contributed by atoms with E-state index in [4.69, 9.17) is 10.5 Å². The lowest BCUT2D eigenvalue weighted by atomic mass is 10.1. The van der Waals surface area contributed by atoms with Gasteiger partial charge >= 0.3 is 0 Å². The van der Waals surface area contributed by atoms with E-state index in [1.54, 1.807) is 0 Å². The summed E-state index contributed by atoms with van der Waals surface area (Å²) in [5.74, 6) is 0.991. The van der Waals surface area contributed by atoms with Crippen LogP contribution >= 0.6 is 15.9 Å². The Hall–Kier alpha value is -1.07. The van der Waals surface area contributed by atoms with Gasteiger partial charge in [0.15, 0.2) is 0 Å². The van der Waals surface area contributed by atoms with Crippen LogP contribution in [0.5, 0.6) is 0 Å². The molecule has 1 aliphatic heterocycles. The fraction of sp³-hybridized carbons (Fsp3) is 0.462. The number of halogens is 1. The number of nitrogen functional groups attached to an aromatic ring is 1. The van der Waals surface area contributed by atoms with E-state index in [0.717, 1.165) is 40.8 Å². The van der Waals surface area contributed by atoms with Crippen LogP contribution in [-0.2, 0) is 11.2 Å². The van der Waals surface area contributed by atoms with E-state index in [1.165, 1.54) is 12.8 Å². The number of hydrogen-bond donors (Lipinski definition) is 2. The van der Waals surface area contributed by atoms with Gasteiger partial charge in [-0.05, 0) is 31.4 Å². The summed E-state index contributed by atoms with van der Waals surface area (Å²) in [4.78, 5) is 7.88. The first-order valence-electron chi connectivity index (χ1n) is 6.27. The Kier molecular flexibility index (Phi) is 3.26. The van der Waals surface area contributed by atoms with Crippen molar-refractivity contribution in [2.24, 2.45) is 0 Å². The minimum absolute atomic E-state index is 0.405. The van der Waals surface area contributed by atoms with Gasteiger partial charge in [-0.15, -0.1) is 0 Å². The second-order valence-corrected chi connectivity index (χ2v) is 5.66. The molecule has 1 aromatic heterocycles. The molecule has 3 rings (SSSR count). The molecule has 2 aromatic rings. The molecular weight excluding hydrogens is 294 g/mol. The molecule has 1 atom stereocenters. The third kappa shape index (κ3) is 2.37. The largest absolute Gasteiger partial charge is 0.397 e. The Morgan fingerprint density at radius 1 is 1.50 bits per heavy atom. The maximum atomic E-state index is 5.95. The third-order valence-electron chi connectivity index (χ3n) is 3.36. The highest BCUT2D eigenvalue weighted by Gasteiger charge is 2.16. The number of rotatable bonds is 3. The van der Waals surface area contributed by atoms with E-state index in [-0.39, 0.29) is 0 Å². The number of ether oxygens (including phenoxy) is 1. The van der Waals surface area contributed by atoms with Gasteiger partial charge in [0.1, 0.15) is 11.3 Å². The van der Waals surface area contributed by atoms with Crippen LogP contribution in [0, 0.1) is 0 Å². The van der Waals surface area contributed by atoms with Crippen molar-refractivity contribution in [3.63, 3.8) is 0 Å². The monoisotopic (exact) mass is 309 g/mol. The van der Waals surface area contributed by atoms with Gasteiger partial charge in [-0.3, -0.25) is 0 Å². The van der Waals surface area contributed by atoms with Gasteiger partial charge < -0.3 is 15.5 Å². The average molecular weight is 310 g/mol. The summed E-state index contributed by atoms with van der Waals surface area (Å²) in [6.07, 6.45) is 4.71. The number of aromatic nitrogens is 2. The summed E-state index contributed by atoms with van der Waals surface area (Å²) >= 11 is 3.44. The van der Waals surface area contributed by atoms with Crippen LogP contribution in [0.4, 0.5) is 5.69 Å². The molecule has 1 unspecified atom stereocenters. The molecule has 0 radical (unpaired) electrons. The molecule has 2 heterocycles. The minimum Gasteiger partial charge on any atom is -0.397 e. The van der Waals surface area contributed by atoms with Crippen LogP contribution < -0.4 is 5.73 Å². The van der Waals surface area contributed by atoms with Gasteiger partial charge in [0.2, 0.25) is 0 Å². The van der Waals surface area contributed by atoms with Gasteiger partial charge in [-0.1, -0.05) is 15.9 Å². The van der Waals surface area contributed by atoms with E-state index in [9.17, 15) is 0 Å². The van der Waals surface area contributed by atoms with E-state index < -0.39 is 0 Å². The topological polar surface area (TPSA) is 63.9 Å². The maximum absolute atomic E-state index is 5.95. The summed E-state index contributed by atoms with van der Waals surface area (Å²) < 4.78 is 6.59.